The summed E-state index contributed by atoms with van der Waals surface area (Å²) in [6.07, 6.45) is 0. The average Bonchev–Trinajstić information content (AvgIpc) is 2.39. The Morgan fingerprint density at radius 1 is 1.58 bits per heavy atom. The zero-order valence-corrected chi connectivity index (χ0v) is 11.9. The van der Waals surface area contributed by atoms with Gasteiger partial charge in [0.05, 0.1) is 0 Å². The standard InChI is InChI=1S/C14H19NO3S/c1-11-3-2-4-12(9-11)18-7-5-15-6-8-19-10-13(15)14(16)17/h2-4,9,13H,5-8,10H2,1H3,(H,16,17). The fourth-order valence-corrected chi connectivity index (χ4v) is 3.23. The Balaban J connectivity index is 1.82. The molecule has 0 amide bonds. The monoisotopic (exact) mass is 281 g/mol. The van der Waals surface area contributed by atoms with Crippen LogP contribution in [0.2, 0.25) is 0 Å². The molecule has 0 saturated carbocycles. The van der Waals surface area contributed by atoms with Crippen LogP contribution in [0, 0.1) is 6.92 Å². The van der Waals surface area contributed by atoms with E-state index in [2.05, 4.69) is 0 Å². The van der Waals surface area contributed by atoms with Gasteiger partial charge in [0.1, 0.15) is 18.4 Å². The van der Waals surface area contributed by atoms with Crippen LogP contribution >= 0.6 is 11.8 Å². The lowest BCUT2D eigenvalue weighted by atomic mass is 10.2. The van der Waals surface area contributed by atoms with Crippen molar-refractivity contribution >= 4 is 17.7 Å². The van der Waals surface area contributed by atoms with E-state index in [0.717, 1.165) is 23.6 Å². The van der Waals surface area contributed by atoms with Crippen LogP contribution in [0.5, 0.6) is 5.75 Å². The smallest absolute Gasteiger partial charge is 0.321 e. The molecule has 0 spiro atoms. The summed E-state index contributed by atoms with van der Waals surface area (Å²) in [5, 5.41) is 9.17. The van der Waals surface area contributed by atoms with E-state index in [9.17, 15) is 4.79 Å². The summed E-state index contributed by atoms with van der Waals surface area (Å²) in [6.45, 7) is 4.03. The number of carbonyl (C=O) groups is 1. The van der Waals surface area contributed by atoms with Crippen LogP contribution in [-0.4, -0.2) is 53.2 Å². The fourth-order valence-electron chi connectivity index (χ4n) is 2.12. The summed E-state index contributed by atoms with van der Waals surface area (Å²) in [5.74, 6) is 1.77. The van der Waals surface area contributed by atoms with Crippen LogP contribution in [0.1, 0.15) is 5.56 Å². The van der Waals surface area contributed by atoms with E-state index in [4.69, 9.17) is 9.84 Å². The van der Waals surface area contributed by atoms with E-state index in [0.29, 0.717) is 18.9 Å². The molecular weight excluding hydrogens is 262 g/mol. The van der Waals surface area contributed by atoms with Crippen molar-refractivity contribution in [2.75, 3.05) is 31.2 Å². The van der Waals surface area contributed by atoms with Gasteiger partial charge in [-0.15, -0.1) is 0 Å². The highest BCUT2D eigenvalue weighted by Gasteiger charge is 2.28. The minimum absolute atomic E-state index is 0.375. The fraction of sp³-hybridized carbons (Fsp3) is 0.500. The maximum Gasteiger partial charge on any atom is 0.321 e. The number of carboxylic acid groups (broad SMARTS) is 1. The van der Waals surface area contributed by atoms with Crippen molar-refractivity contribution in [1.82, 2.24) is 4.90 Å². The van der Waals surface area contributed by atoms with Crippen LogP contribution in [0.15, 0.2) is 24.3 Å². The van der Waals surface area contributed by atoms with E-state index < -0.39 is 5.97 Å². The molecule has 1 N–H and O–H groups in total. The van der Waals surface area contributed by atoms with Crippen molar-refractivity contribution in [2.45, 2.75) is 13.0 Å². The summed E-state index contributed by atoms with van der Waals surface area (Å²) in [7, 11) is 0. The second-order valence-electron chi connectivity index (χ2n) is 4.63. The molecule has 1 unspecified atom stereocenters. The Morgan fingerprint density at radius 3 is 3.16 bits per heavy atom. The van der Waals surface area contributed by atoms with Crippen molar-refractivity contribution in [3.8, 4) is 5.75 Å². The number of benzene rings is 1. The lowest BCUT2D eigenvalue weighted by Crippen LogP contribution is -2.48. The van der Waals surface area contributed by atoms with E-state index in [1.165, 1.54) is 0 Å². The van der Waals surface area contributed by atoms with Crippen molar-refractivity contribution in [3.63, 3.8) is 0 Å². The van der Waals surface area contributed by atoms with Crippen LogP contribution in [0.4, 0.5) is 0 Å². The van der Waals surface area contributed by atoms with Gasteiger partial charge in [0.15, 0.2) is 0 Å². The molecule has 0 bridgehead atoms. The third-order valence-corrected chi connectivity index (χ3v) is 4.18. The predicted molar refractivity (Wildman–Crippen MR) is 77.0 cm³/mol. The van der Waals surface area contributed by atoms with E-state index >= 15 is 0 Å². The molecule has 104 valence electrons. The maximum atomic E-state index is 11.1. The van der Waals surface area contributed by atoms with Gasteiger partial charge < -0.3 is 9.84 Å². The summed E-state index contributed by atoms with van der Waals surface area (Å²) < 4.78 is 5.68. The molecule has 0 aromatic heterocycles. The largest absolute Gasteiger partial charge is 0.492 e. The molecule has 1 saturated heterocycles. The Kier molecular flexibility index (Phi) is 5.10. The zero-order valence-electron chi connectivity index (χ0n) is 11.0. The van der Waals surface area contributed by atoms with E-state index in [-0.39, 0.29) is 6.04 Å². The Morgan fingerprint density at radius 2 is 2.42 bits per heavy atom. The first-order valence-electron chi connectivity index (χ1n) is 6.41. The SMILES string of the molecule is Cc1cccc(OCCN2CCSCC2C(=O)O)c1. The first-order valence-corrected chi connectivity index (χ1v) is 7.56. The number of rotatable bonds is 5. The third-order valence-electron chi connectivity index (χ3n) is 3.16. The van der Waals surface area contributed by atoms with Crippen LogP contribution < -0.4 is 4.74 Å². The molecule has 1 fully saturated rings. The molecule has 0 aliphatic carbocycles. The first-order chi connectivity index (χ1) is 9.16. The number of hydrogen-bond acceptors (Lipinski definition) is 4. The second kappa shape index (κ2) is 6.82. The average molecular weight is 281 g/mol. The van der Waals surface area contributed by atoms with Gasteiger partial charge in [-0.2, -0.15) is 11.8 Å². The van der Waals surface area contributed by atoms with E-state index in [1.54, 1.807) is 11.8 Å². The molecule has 5 heteroatoms. The van der Waals surface area contributed by atoms with Crippen molar-refractivity contribution in [2.24, 2.45) is 0 Å². The van der Waals surface area contributed by atoms with Crippen molar-refractivity contribution in [3.05, 3.63) is 29.8 Å². The van der Waals surface area contributed by atoms with Crippen LogP contribution in [0.25, 0.3) is 0 Å². The molecule has 19 heavy (non-hydrogen) atoms. The molecule has 4 nitrogen and oxygen atoms in total. The number of ether oxygens (including phenoxy) is 1. The maximum absolute atomic E-state index is 11.1. The van der Waals surface area contributed by atoms with Crippen LogP contribution in [0.3, 0.4) is 0 Å². The molecule has 1 atom stereocenters. The number of aryl methyl sites for hydroxylation is 1. The highest BCUT2D eigenvalue weighted by Crippen LogP contribution is 2.17. The number of nitrogens with zero attached hydrogens (tertiary/aromatic N) is 1. The number of hydrogen-bond donors (Lipinski definition) is 1. The summed E-state index contributed by atoms with van der Waals surface area (Å²) in [4.78, 5) is 13.1. The molecular formula is C14H19NO3S. The predicted octanol–water partition coefficient (Wildman–Crippen LogP) is 1.88. The molecule has 0 radical (unpaired) electrons. The Hall–Kier alpha value is -1.20. The second-order valence-corrected chi connectivity index (χ2v) is 5.78. The van der Waals surface area contributed by atoms with Gasteiger partial charge >= 0.3 is 5.97 Å². The minimum atomic E-state index is -0.734. The van der Waals surface area contributed by atoms with Gasteiger partial charge in [0.25, 0.3) is 0 Å². The van der Waals surface area contributed by atoms with Gasteiger partial charge in [-0.25, -0.2) is 0 Å². The van der Waals surface area contributed by atoms with E-state index in [1.807, 2.05) is 36.1 Å². The van der Waals surface area contributed by atoms with Crippen molar-refractivity contribution in [1.29, 1.82) is 0 Å². The third kappa shape index (κ3) is 4.14. The van der Waals surface area contributed by atoms with Crippen LogP contribution in [-0.2, 0) is 4.79 Å². The highest BCUT2D eigenvalue weighted by atomic mass is 32.2. The molecule has 1 aromatic carbocycles. The normalized spacial score (nSPS) is 20.2. The minimum Gasteiger partial charge on any atom is -0.492 e. The number of aliphatic carboxylic acids is 1. The first kappa shape index (κ1) is 14.2. The quantitative estimate of drug-likeness (QED) is 0.893. The molecule has 1 aliphatic heterocycles. The lowest BCUT2D eigenvalue weighted by molar-refractivity contribution is -0.142. The Bertz CT molecular complexity index is 438. The molecule has 1 aromatic rings. The highest BCUT2D eigenvalue weighted by molar-refractivity contribution is 7.99. The number of thioether (sulfide) groups is 1. The Labute approximate surface area is 117 Å². The summed E-state index contributed by atoms with van der Waals surface area (Å²) in [6, 6.07) is 7.52. The number of carboxylic acids is 1. The molecule has 1 heterocycles. The van der Waals surface area contributed by atoms with Gasteiger partial charge in [-0.05, 0) is 24.6 Å². The molecule has 2 rings (SSSR count). The summed E-state index contributed by atoms with van der Waals surface area (Å²) in [5.41, 5.74) is 1.16. The molecule has 1 aliphatic rings. The van der Waals surface area contributed by atoms with Gasteiger partial charge in [-0.1, -0.05) is 12.1 Å². The van der Waals surface area contributed by atoms with Gasteiger partial charge in [-0.3, -0.25) is 9.69 Å². The van der Waals surface area contributed by atoms with Crippen molar-refractivity contribution < 1.29 is 14.6 Å². The van der Waals surface area contributed by atoms with Gasteiger partial charge in [0.2, 0.25) is 0 Å². The topological polar surface area (TPSA) is 49.8 Å². The van der Waals surface area contributed by atoms with Gasteiger partial charge in [0, 0.05) is 24.6 Å². The summed E-state index contributed by atoms with van der Waals surface area (Å²) >= 11 is 1.70. The lowest BCUT2D eigenvalue weighted by Gasteiger charge is -2.32. The zero-order chi connectivity index (χ0) is 13.7.